The summed E-state index contributed by atoms with van der Waals surface area (Å²) in [4.78, 5) is 15.8. The lowest BCUT2D eigenvalue weighted by Gasteiger charge is -2.10. The molecule has 0 radical (unpaired) electrons. The van der Waals surface area contributed by atoms with Gasteiger partial charge >= 0.3 is 0 Å². The van der Waals surface area contributed by atoms with Crippen molar-refractivity contribution in [1.82, 2.24) is 10.3 Å². The van der Waals surface area contributed by atoms with E-state index in [1.807, 2.05) is 0 Å². The molecule has 0 atom stereocenters. The summed E-state index contributed by atoms with van der Waals surface area (Å²) in [6.07, 6.45) is 3.11. The largest absolute Gasteiger partial charge is 0.495 e. The second-order valence-corrected chi connectivity index (χ2v) is 4.82. The topological polar surface area (TPSA) is 51.2 Å². The molecule has 4 nitrogen and oxygen atoms in total. The fourth-order valence-corrected chi connectivity index (χ4v) is 2.12. The molecule has 104 valence electrons. The van der Waals surface area contributed by atoms with E-state index in [1.165, 1.54) is 13.3 Å². The molecule has 1 N–H and O–H groups in total. The van der Waals surface area contributed by atoms with Crippen LogP contribution < -0.4 is 10.1 Å². The number of nitrogens with one attached hydrogen (secondary N) is 1. The van der Waals surface area contributed by atoms with Crippen LogP contribution >= 0.6 is 23.2 Å². The predicted octanol–water partition coefficient (Wildman–Crippen LogP) is 3.33. The van der Waals surface area contributed by atoms with Crippen LogP contribution in [0.2, 0.25) is 10.0 Å². The van der Waals surface area contributed by atoms with Crippen molar-refractivity contribution in [3.63, 3.8) is 0 Å². The first-order chi connectivity index (χ1) is 9.61. The number of amides is 1. The monoisotopic (exact) mass is 310 g/mol. The van der Waals surface area contributed by atoms with Crippen LogP contribution in [0.3, 0.4) is 0 Å². The first-order valence-electron chi connectivity index (χ1n) is 5.82. The van der Waals surface area contributed by atoms with Crippen LogP contribution in [0.15, 0.2) is 36.7 Å². The molecule has 1 amide bonds. The van der Waals surface area contributed by atoms with Gasteiger partial charge in [0.25, 0.3) is 5.91 Å². The molecule has 2 aromatic rings. The van der Waals surface area contributed by atoms with E-state index in [0.717, 1.165) is 5.56 Å². The summed E-state index contributed by atoms with van der Waals surface area (Å²) in [5.41, 5.74) is 1.21. The second kappa shape index (κ2) is 6.59. The Morgan fingerprint density at radius 1 is 1.35 bits per heavy atom. The standard InChI is InChI=1S/C14H12Cl2N2O2/c1-20-13-6-11(15)10(5-12(13)16)8-18-14(19)9-3-2-4-17-7-9/h2-7H,8H2,1H3,(H,18,19). The quantitative estimate of drug-likeness (QED) is 0.942. The van der Waals surface area contributed by atoms with E-state index < -0.39 is 0 Å². The van der Waals surface area contributed by atoms with E-state index in [-0.39, 0.29) is 12.5 Å². The fraction of sp³-hybridized carbons (Fsp3) is 0.143. The first kappa shape index (κ1) is 14.6. The van der Waals surface area contributed by atoms with Crippen LogP contribution in [0.1, 0.15) is 15.9 Å². The van der Waals surface area contributed by atoms with Gasteiger partial charge in [0.05, 0.1) is 17.7 Å². The zero-order chi connectivity index (χ0) is 14.5. The van der Waals surface area contributed by atoms with E-state index in [2.05, 4.69) is 10.3 Å². The molecule has 0 fully saturated rings. The van der Waals surface area contributed by atoms with Crippen molar-refractivity contribution in [3.05, 3.63) is 57.8 Å². The zero-order valence-electron chi connectivity index (χ0n) is 10.7. The number of rotatable bonds is 4. The van der Waals surface area contributed by atoms with Crippen LogP contribution in [-0.4, -0.2) is 18.0 Å². The maximum absolute atomic E-state index is 11.9. The van der Waals surface area contributed by atoms with Crippen molar-refractivity contribution in [2.45, 2.75) is 6.54 Å². The van der Waals surface area contributed by atoms with Gasteiger partial charge in [-0.3, -0.25) is 9.78 Å². The molecule has 6 heteroatoms. The Labute approximate surface area is 126 Å². The van der Waals surface area contributed by atoms with Crippen LogP contribution in [0.5, 0.6) is 5.75 Å². The number of ether oxygens (including phenoxy) is 1. The molecule has 0 aliphatic heterocycles. The SMILES string of the molecule is COc1cc(Cl)c(CNC(=O)c2cccnc2)cc1Cl. The summed E-state index contributed by atoms with van der Waals surface area (Å²) in [6.45, 7) is 0.274. The van der Waals surface area contributed by atoms with Crippen molar-refractivity contribution in [2.75, 3.05) is 7.11 Å². The van der Waals surface area contributed by atoms with E-state index in [9.17, 15) is 4.79 Å². The minimum absolute atomic E-state index is 0.221. The van der Waals surface area contributed by atoms with Gasteiger partial charge in [-0.05, 0) is 23.8 Å². The molecule has 0 unspecified atom stereocenters. The van der Waals surface area contributed by atoms with Crippen LogP contribution in [-0.2, 0) is 6.54 Å². The van der Waals surface area contributed by atoms with E-state index in [0.29, 0.717) is 21.4 Å². The lowest BCUT2D eigenvalue weighted by Crippen LogP contribution is -2.23. The third-order valence-corrected chi connectivity index (χ3v) is 3.33. The average molecular weight is 311 g/mol. The Hall–Kier alpha value is -1.78. The third-order valence-electron chi connectivity index (χ3n) is 2.68. The van der Waals surface area contributed by atoms with Crippen LogP contribution in [0.4, 0.5) is 0 Å². The summed E-state index contributed by atoms with van der Waals surface area (Å²) >= 11 is 12.1. The lowest BCUT2D eigenvalue weighted by atomic mass is 10.2. The number of halogens is 2. The molecular weight excluding hydrogens is 299 g/mol. The molecule has 1 heterocycles. The highest BCUT2D eigenvalue weighted by Gasteiger charge is 2.10. The van der Waals surface area contributed by atoms with Crippen molar-refractivity contribution in [3.8, 4) is 5.75 Å². The predicted molar refractivity (Wildman–Crippen MR) is 78.4 cm³/mol. The molecule has 0 saturated heterocycles. The summed E-state index contributed by atoms with van der Waals surface area (Å²) in [6, 6.07) is 6.68. The molecule has 0 saturated carbocycles. The van der Waals surface area contributed by atoms with Crippen molar-refractivity contribution in [2.24, 2.45) is 0 Å². The summed E-state index contributed by atoms with van der Waals surface area (Å²) < 4.78 is 5.06. The van der Waals surface area contributed by atoms with Crippen LogP contribution in [0.25, 0.3) is 0 Å². The smallest absolute Gasteiger partial charge is 0.253 e. The minimum Gasteiger partial charge on any atom is -0.495 e. The van der Waals surface area contributed by atoms with Gasteiger partial charge in [0.2, 0.25) is 0 Å². The number of pyridine rings is 1. The normalized spacial score (nSPS) is 10.2. The molecule has 2 rings (SSSR count). The maximum atomic E-state index is 11.9. The molecule has 1 aromatic carbocycles. The minimum atomic E-state index is -0.221. The number of hydrogen-bond donors (Lipinski definition) is 1. The van der Waals surface area contributed by atoms with Gasteiger partial charge < -0.3 is 10.1 Å². The number of nitrogens with zero attached hydrogens (tertiary/aromatic N) is 1. The molecular formula is C14H12Cl2N2O2. The molecule has 1 aromatic heterocycles. The Kier molecular flexibility index (Phi) is 4.82. The number of carbonyl (C=O) groups excluding carboxylic acids is 1. The third kappa shape index (κ3) is 3.40. The highest BCUT2D eigenvalue weighted by atomic mass is 35.5. The van der Waals surface area contributed by atoms with Gasteiger partial charge in [0, 0.05) is 30.0 Å². The summed E-state index contributed by atoms with van der Waals surface area (Å²) in [5, 5.41) is 3.69. The molecule has 0 spiro atoms. The highest BCUT2D eigenvalue weighted by molar-refractivity contribution is 6.34. The highest BCUT2D eigenvalue weighted by Crippen LogP contribution is 2.30. The summed E-state index contributed by atoms with van der Waals surface area (Å²) in [5.74, 6) is 0.278. The van der Waals surface area contributed by atoms with Gasteiger partial charge in [-0.1, -0.05) is 23.2 Å². The van der Waals surface area contributed by atoms with Crippen molar-refractivity contribution in [1.29, 1.82) is 0 Å². The molecule has 0 bridgehead atoms. The van der Waals surface area contributed by atoms with E-state index in [1.54, 1.807) is 30.5 Å². The molecule has 0 aliphatic rings. The number of carbonyl (C=O) groups is 1. The first-order valence-corrected chi connectivity index (χ1v) is 6.57. The van der Waals surface area contributed by atoms with E-state index in [4.69, 9.17) is 27.9 Å². The number of aromatic nitrogens is 1. The lowest BCUT2D eigenvalue weighted by molar-refractivity contribution is 0.0950. The average Bonchev–Trinajstić information content (AvgIpc) is 2.48. The van der Waals surface area contributed by atoms with Crippen LogP contribution in [0, 0.1) is 0 Å². The Morgan fingerprint density at radius 2 is 2.15 bits per heavy atom. The Morgan fingerprint density at radius 3 is 2.80 bits per heavy atom. The van der Waals surface area contributed by atoms with Gasteiger partial charge in [-0.2, -0.15) is 0 Å². The van der Waals surface area contributed by atoms with Gasteiger partial charge in [0.1, 0.15) is 5.75 Å². The molecule has 0 aliphatic carbocycles. The second-order valence-electron chi connectivity index (χ2n) is 4.00. The maximum Gasteiger partial charge on any atom is 0.253 e. The summed E-state index contributed by atoms with van der Waals surface area (Å²) in [7, 11) is 1.52. The van der Waals surface area contributed by atoms with Gasteiger partial charge in [-0.25, -0.2) is 0 Å². The van der Waals surface area contributed by atoms with Crippen molar-refractivity contribution < 1.29 is 9.53 Å². The fourth-order valence-electron chi connectivity index (χ4n) is 1.64. The van der Waals surface area contributed by atoms with Gasteiger partial charge in [-0.15, -0.1) is 0 Å². The molecule has 20 heavy (non-hydrogen) atoms. The Bertz CT molecular complexity index is 618. The number of hydrogen-bond acceptors (Lipinski definition) is 3. The zero-order valence-corrected chi connectivity index (χ0v) is 12.2. The van der Waals surface area contributed by atoms with Crippen molar-refractivity contribution >= 4 is 29.1 Å². The Balaban J connectivity index is 2.08. The van der Waals surface area contributed by atoms with Gasteiger partial charge in [0.15, 0.2) is 0 Å². The number of methoxy groups -OCH3 is 1. The number of benzene rings is 1. The van der Waals surface area contributed by atoms with E-state index >= 15 is 0 Å².